The first kappa shape index (κ1) is 14.2. The van der Waals surface area contributed by atoms with Crippen LogP contribution in [0.1, 0.15) is 25.6 Å². The number of thiazole rings is 1. The number of rotatable bonds is 3. The molecular weight excluding hydrogens is 276 g/mol. The molecular formula is C18H20N2S. The Morgan fingerprint density at radius 1 is 1.05 bits per heavy atom. The summed E-state index contributed by atoms with van der Waals surface area (Å²) in [7, 11) is 0. The minimum absolute atomic E-state index is 0.129. The van der Waals surface area contributed by atoms with Crippen LogP contribution >= 0.6 is 11.3 Å². The molecule has 108 valence electrons. The van der Waals surface area contributed by atoms with Crippen LogP contribution in [0.2, 0.25) is 0 Å². The summed E-state index contributed by atoms with van der Waals surface area (Å²) in [6.07, 6.45) is 1.99. The Morgan fingerprint density at radius 2 is 1.81 bits per heavy atom. The standard InChI is InChI=1S/C18H20N2S/c1-18(2,3)20-12-14-11-19-17(21-14)16-10-6-8-13-7-4-5-9-15(13)16/h4-11,20H,12H2,1-3H3. The molecule has 0 atom stereocenters. The molecule has 0 saturated heterocycles. The fourth-order valence-corrected chi connectivity index (χ4v) is 3.17. The van der Waals surface area contributed by atoms with Crippen molar-refractivity contribution in [3.63, 3.8) is 0 Å². The average Bonchev–Trinajstić information content (AvgIpc) is 2.92. The maximum atomic E-state index is 4.62. The molecule has 0 fully saturated rings. The van der Waals surface area contributed by atoms with Gasteiger partial charge in [-0.2, -0.15) is 0 Å². The summed E-state index contributed by atoms with van der Waals surface area (Å²) in [5.74, 6) is 0. The van der Waals surface area contributed by atoms with E-state index in [1.54, 1.807) is 11.3 Å². The van der Waals surface area contributed by atoms with E-state index in [0.29, 0.717) is 0 Å². The van der Waals surface area contributed by atoms with Crippen LogP contribution in [0.15, 0.2) is 48.7 Å². The number of nitrogens with one attached hydrogen (secondary N) is 1. The largest absolute Gasteiger partial charge is 0.307 e. The molecule has 0 unspecified atom stereocenters. The van der Waals surface area contributed by atoms with E-state index < -0.39 is 0 Å². The molecule has 1 N–H and O–H groups in total. The van der Waals surface area contributed by atoms with Crippen LogP contribution in [-0.2, 0) is 6.54 Å². The molecule has 3 heteroatoms. The van der Waals surface area contributed by atoms with Gasteiger partial charge in [-0.25, -0.2) is 4.98 Å². The van der Waals surface area contributed by atoms with Crippen molar-refractivity contribution in [1.82, 2.24) is 10.3 Å². The Balaban J connectivity index is 1.92. The zero-order valence-electron chi connectivity index (χ0n) is 12.7. The molecule has 0 aliphatic carbocycles. The highest BCUT2D eigenvalue weighted by molar-refractivity contribution is 7.15. The predicted octanol–water partition coefficient (Wildman–Crippen LogP) is 4.85. The second-order valence-corrected chi connectivity index (χ2v) is 7.38. The van der Waals surface area contributed by atoms with Gasteiger partial charge in [0.15, 0.2) is 0 Å². The lowest BCUT2D eigenvalue weighted by molar-refractivity contribution is 0.426. The van der Waals surface area contributed by atoms with Gasteiger partial charge in [0.05, 0.1) is 0 Å². The Bertz CT molecular complexity index is 748. The fourth-order valence-electron chi connectivity index (χ4n) is 2.28. The van der Waals surface area contributed by atoms with Gasteiger partial charge in [0.2, 0.25) is 0 Å². The van der Waals surface area contributed by atoms with Crippen LogP contribution in [0.25, 0.3) is 21.3 Å². The highest BCUT2D eigenvalue weighted by atomic mass is 32.1. The Morgan fingerprint density at radius 3 is 2.62 bits per heavy atom. The van der Waals surface area contributed by atoms with E-state index in [1.807, 2.05) is 6.20 Å². The number of benzene rings is 2. The maximum Gasteiger partial charge on any atom is 0.124 e. The number of aromatic nitrogens is 1. The number of hydrogen-bond donors (Lipinski definition) is 1. The number of nitrogens with zero attached hydrogens (tertiary/aromatic N) is 1. The molecule has 0 aliphatic rings. The van der Waals surface area contributed by atoms with Crippen molar-refractivity contribution in [3.05, 3.63) is 53.5 Å². The summed E-state index contributed by atoms with van der Waals surface area (Å²) in [4.78, 5) is 5.89. The van der Waals surface area contributed by atoms with Crippen LogP contribution < -0.4 is 5.32 Å². The third-order valence-electron chi connectivity index (χ3n) is 3.37. The van der Waals surface area contributed by atoms with Crippen molar-refractivity contribution < 1.29 is 0 Å². The third-order valence-corrected chi connectivity index (χ3v) is 4.40. The van der Waals surface area contributed by atoms with E-state index in [0.717, 1.165) is 11.6 Å². The minimum Gasteiger partial charge on any atom is -0.307 e. The smallest absolute Gasteiger partial charge is 0.124 e. The lowest BCUT2D eigenvalue weighted by Crippen LogP contribution is -2.34. The molecule has 0 saturated carbocycles. The molecule has 0 radical (unpaired) electrons. The molecule has 3 rings (SSSR count). The first-order chi connectivity index (χ1) is 10.0. The van der Waals surface area contributed by atoms with Crippen LogP contribution in [0.3, 0.4) is 0 Å². The molecule has 0 spiro atoms. The zero-order valence-corrected chi connectivity index (χ0v) is 13.5. The van der Waals surface area contributed by atoms with Gasteiger partial charge in [0, 0.05) is 28.7 Å². The first-order valence-corrected chi connectivity index (χ1v) is 8.02. The van der Waals surface area contributed by atoms with Gasteiger partial charge in [-0.15, -0.1) is 11.3 Å². The van der Waals surface area contributed by atoms with Gasteiger partial charge in [-0.3, -0.25) is 0 Å². The summed E-state index contributed by atoms with van der Waals surface area (Å²) in [6.45, 7) is 7.41. The molecule has 21 heavy (non-hydrogen) atoms. The minimum atomic E-state index is 0.129. The second kappa shape index (κ2) is 5.58. The van der Waals surface area contributed by atoms with Crippen molar-refractivity contribution in [2.45, 2.75) is 32.9 Å². The molecule has 1 heterocycles. The van der Waals surface area contributed by atoms with E-state index in [2.05, 4.69) is 73.5 Å². The molecule has 1 aromatic heterocycles. The highest BCUT2D eigenvalue weighted by Gasteiger charge is 2.11. The maximum absolute atomic E-state index is 4.62. The van der Waals surface area contributed by atoms with Crippen molar-refractivity contribution >= 4 is 22.1 Å². The van der Waals surface area contributed by atoms with E-state index in [1.165, 1.54) is 21.2 Å². The summed E-state index contributed by atoms with van der Waals surface area (Å²) in [5, 5.41) is 7.14. The molecule has 0 bridgehead atoms. The van der Waals surface area contributed by atoms with Gasteiger partial charge in [-0.05, 0) is 31.5 Å². The first-order valence-electron chi connectivity index (χ1n) is 7.21. The quantitative estimate of drug-likeness (QED) is 0.747. The lowest BCUT2D eigenvalue weighted by atomic mass is 10.1. The SMILES string of the molecule is CC(C)(C)NCc1cnc(-c2cccc3ccccc23)s1. The van der Waals surface area contributed by atoms with Gasteiger partial charge >= 0.3 is 0 Å². The van der Waals surface area contributed by atoms with Gasteiger partial charge in [0.25, 0.3) is 0 Å². The van der Waals surface area contributed by atoms with Gasteiger partial charge in [-0.1, -0.05) is 42.5 Å². The van der Waals surface area contributed by atoms with Crippen molar-refractivity contribution in [2.24, 2.45) is 0 Å². The van der Waals surface area contributed by atoms with E-state index in [4.69, 9.17) is 0 Å². The Labute approximate surface area is 129 Å². The summed E-state index contributed by atoms with van der Waals surface area (Å²) in [6, 6.07) is 14.9. The monoisotopic (exact) mass is 296 g/mol. The molecule has 0 amide bonds. The van der Waals surface area contributed by atoms with E-state index in [-0.39, 0.29) is 5.54 Å². The normalized spacial score (nSPS) is 12.0. The molecule has 0 aliphatic heterocycles. The van der Waals surface area contributed by atoms with Crippen molar-refractivity contribution in [3.8, 4) is 10.6 Å². The van der Waals surface area contributed by atoms with Crippen LogP contribution in [0, 0.1) is 0 Å². The summed E-state index contributed by atoms with van der Waals surface area (Å²) in [5.41, 5.74) is 1.35. The fraction of sp³-hybridized carbons (Fsp3) is 0.278. The van der Waals surface area contributed by atoms with E-state index in [9.17, 15) is 0 Å². The summed E-state index contributed by atoms with van der Waals surface area (Å²) >= 11 is 1.77. The van der Waals surface area contributed by atoms with E-state index >= 15 is 0 Å². The summed E-state index contributed by atoms with van der Waals surface area (Å²) < 4.78 is 0. The third kappa shape index (κ3) is 3.31. The van der Waals surface area contributed by atoms with Gasteiger partial charge < -0.3 is 5.32 Å². The highest BCUT2D eigenvalue weighted by Crippen LogP contribution is 2.31. The van der Waals surface area contributed by atoms with Crippen LogP contribution in [0.4, 0.5) is 0 Å². The van der Waals surface area contributed by atoms with Gasteiger partial charge in [0.1, 0.15) is 5.01 Å². The Kier molecular flexibility index (Phi) is 3.79. The number of hydrogen-bond acceptors (Lipinski definition) is 3. The van der Waals surface area contributed by atoms with Crippen molar-refractivity contribution in [2.75, 3.05) is 0 Å². The van der Waals surface area contributed by atoms with Crippen LogP contribution in [0.5, 0.6) is 0 Å². The lowest BCUT2D eigenvalue weighted by Gasteiger charge is -2.19. The molecule has 2 nitrogen and oxygen atoms in total. The average molecular weight is 296 g/mol. The Hall–Kier alpha value is -1.71. The zero-order chi connectivity index (χ0) is 14.9. The second-order valence-electron chi connectivity index (χ2n) is 6.26. The van der Waals surface area contributed by atoms with Crippen molar-refractivity contribution in [1.29, 1.82) is 0 Å². The number of fused-ring (bicyclic) bond motifs is 1. The molecule has 2 aromatic carbocycles. The molecule has 3 aromatic rings. The predicted molar refractivity (Wildman–Crippen MR) is 91.6 cm³/mol. The van der Waals surface area contributed by atoms with Crippen LogP contribution in [-0.4, -0.2) is 10.5 Å². The topological polar surface area (TPSA) is 24.9 Å².